The van der Waals surface area contributed by atoms with E-state index in [1.807, 2.05) is 12.3 Å². The molecule has 0 aliphatic rings. The molecular formula is C17H24N4. The van der Waals surface area contributed by atoms with Gasteiger partial charge in [0.15, 0.2) is 0 Å². The van der Waals surface area contributed by atoms with Crippen LogP contribution in [0.25, 0.3) is 0 Å². The molecule has 2 rings (SSSR count). The number of anilines is 1. The molecule has 1 heterocycles. The summed E-state index contributed by atoms with van der Waals surface area (Å²) in [6.07, 6.45) is 2.89. The van der Waals surface area contributed by atoms with Gasteiger partial charge in [0.1, 0.15) is 5.82 Å². The molecule has 0 amide bonds. The molecule has 0 aliphatic heterocycles. The first-order valence-electron chi connectivity index (χ1n) is 7.42. The minimum atomic E-state index is 0.318. The van der Waals surface area contributed by atoms with Crippen LogP contribution in [0.4, 0.5) is 5.69 Å². The van der Waals surface area contributed by atoms with E-state index < -0.39 is 0 Å². The zero-order chi connectivity index (χ0) is 15.2. The minimum absolute atomic E-state index is 0.318. The van der Waals surface area contributed by atoms with Gasteiger partial charge in [0.05, 0.1) is 17.6 Å². The Morgan fingerprint density at radius 1 is 1.19 bits per heavy atom. The van der Waals surface area contributed by atoms with Crippen molar-refractivity contribution >= 4 is 5.69 Å². The third-order valence-corrected chi connectivity index (χ3v) is 3.56. The smallest absolute Gasteiger partial charge is 0.131 e. The van der Waals surface area contributed by atoms with Gasteiger partial charge in [0.2, 0.25) is 0 Å². The Hall–Kier alpha value is -1.94. The fraction of sp³-hybridized carbons (Fsp3) is 0.412. The fourth-order valence-electron chi connectivity index (χ4n) is 2.24. The van der Waals surface area contributed by atoms with Gasteiger partial charge in [-0.15, -0.1) is 0 Å². The van der Waals surface area contributed by atoms with Gasteiger partial charge in [-0.25, -0.2) is 9.97 Å². The molecule has 0 unspecified atom stereocenters. The van der Waals surface area contributed by atoms with Gasteiger partial charge in [-0.3, -0.25) is 0 Å². The Balaban J connectivity index is 2.09. The van der Waals surface area contributed by atoms with E-state index in [9.17, 15) is 0 Å². The molecule has 0 aliphatic carbocycles. The zero-order valence-corrected chi connectivity index (χ0v) is 13.1. The number of likely N-dealkylation sites (N-methyl/N-ethyl adjacent to an activating group) is 1. The molecule has 1 aromatic heterocycles. The van der Waals surface area contributed by atoms with Crippen LogP contribution in [0, 0.1) is 0 Å². The molecule has 0 bridgehead atoms. The second kappa shape index (κ2) is 7.18. The average Bonchev–Trinajstić information content (AvgIpc) is 2.52. The third-order valence-electron chi connectivity index (χ3n) is 3.56. The van der Waals surface area contributed by atoms with Crippen LogP contribution in [0.2, 0.25) is 0 Å². The van der Waals surface area contributed by atoms with E-state index in [-0.39, 0.29) is 0 Å². The van der Waals surface area contributed by atoms with Crippen molar-refractivity contribution < 1.29 is 0 Å². The van der Waals surface area contributed by atoms with Gasteiger partial charge >= 0.3 is 0 Å². The summed E-state index contributed by atoms with van der Waals surface area (Å²) >= 11 is 0. The van der Waals surface area contributed by atoms with Crippen LogP contribution in [0.5, 0.6) is 0 Å². The normalized spacial score (nSPS) is 10.9. The van der Waals surface area contributed by atoms with Crippen molar-refractivity contribution in [2.45, 2.75) is 32.7 Å². The largest absolute Gasteiger partial charge is 0.372 e. The predicted molar refractivity (Wildman–Crippen MR) is 87.4 cm³/mol. The van der Waals surface area contributed by atoms with Crippen molar-refractivity contribution in [1.29, 1.82) is 0 Å². The van der Waals surface area contributed by atoms with E-state index >= 15 is 0 Å². The number of aromatic nitrogens is 2. The molecule has 21 heavy (non-hydrogen) atoms. The number of benzene rings is 1. The molecule has 112 valence electrons. The van der Waals surface area contributed by atoms with E-state index in [0.717, 1.165) is 30.2 Å². The molecule has 0 saturated carbocycles. The molecule has 0 saturated heterocycles. The van der Waals surface area contributed by atoms with Gasteiger partial charge < -0.3 is 10.6 Å². The van der Waals surface area contributed by atoms with Crippen LogP contribution < -0.4 is 10.6 Å². The molecule has 4 nitrogen and oxygen atoms in total. The molecule has 0 spiro atoms. The second-order valence-electron chi connectivity index (χ2n) is 5.58. The zero-order valence-electron chi connectivity index (χ0n) is 13.1. The summed E-state index contributed by atoms with van der Waals surface area (Å²) in [6.45, 7) is 5.54. The monoisotopic (exact) mass is 284 g/mol. The summed E-state index contributed by atoms with van der Waals surface area (Å²) in [5.74, 6) is 1.18. The van der Waals surface area contributed by atoms with E-state index in [0.29, 0.717) is 12.5 Å². The summed E-state index contributed by atoms with van der Waals surface area (Å²) < 4.78 is 0. The highest BCUT2D eigenvalue weighted by molar-refractivity contribution is 5.48. The topological polar surface area (TPSA) is 55.0 Å². The number of nitrogens with two attached hydrogens (primary N) is 1. The highest BCUT2D eigenvalue weighted by atomic mass is 15.1. The number of rotatable bonds is 6. The maximum Gasteiger partial charge on any atom is 0.131 e. The lowest BCUT2D eigenvalue weighted by atomic mass is 10.1. The van der Waals surface area contributed by atoms with Crippen molar-refractivity contribution in [1.82, 2.24) is 9.97 Å². The minimum Gasteiger partial charge on any atom is -0.372 e. The summed E-state index contributed by atoms with van der Waals surface area (Å²) in [7, 11) is 2.07. The summed E-state index contributed by atoms with van der Waals surface area (Å²) in [5.41, 5.74) is 9.13. The lowest BCUT2D eigenvalue weighted by Crippen LogP contribution is -2.23. The van der Waals surface area contributed by atoms with Crippen molar-refractivity contribution in [3.05, 3.63) is 53.6 Å². The first-order valence-corrected chi connectivity index (χ1v) is 7.42. The van der Waals surface area contributed by atoms with Crippen molar-refractivity contribution in [3.63, 3.8) is 0 Å². The summed E-state index contributed by atoms with van der Waals surface area (Å²) in [5, 5.41) is 0. The standard InChI is InChI=1S/C17H24N4/c1-13(2)17-19-12-16(15(11-18)20-17)21(3)10-9-14-7-5-4-6-8-14/h4-8,12-13H,9-11,18H2,1-3H3. The SMILES string of the molecule is CC(C)c1ncc(N(C)CCc2ccccc2)c(CN)n1. The van der Waals surface area contributed by atoms with E-state index in [1.54, 1.807) is 0 Å². The first kappa shape index (κ1) is 15.4. The Morgan fingerprint density at radius 3 is 2.52 bits per heavy atom. The van der Waals surface area contributed by atoms with Crippen LogP contribution in [0.15, 0.2) is 36.5 Å². The van der Waals surface area contributed by atoms with Gasteiger partial charge in [0, 0.05) is 26.1 Å². The number of nitrogens with zero attached hydrogens (tertiary/aromatic N) is 3. The first-order chi connectivity index (χ1) is 10.1. The van der Waals surface area contributed by atoms with Crippen LogP contribution in [0.1, 0.15) is 36.8 Å². The van der Waals surface area contributed by atoms with Crippen LogP contribution in [-0.2, 0) is 13.0 Å². The lowest BCUT2D eigenvalue weighted by molar-refractivity contribution is 0.747. The predicted octanol–water partition coefficient (Wildman–Crippen LogP) is 2.74. The maximum absolute atomic E-state index is 5.85. The molecule has 2 N–H and O–H groups in total. The van der Waals surface area contributed by atoms with E-state index in [1.165, 1.54) is 5.56 Å². The van der Waals surface area contributed by atoms with Gasteiger partial charge in [-0.1, -0.05) is 44.2 Å². The fourth-order valence-corrected chi connectivity index (χ4v) is 2.24. The summed E-state index contributed by atoms with van der Waals surface area (Å²) in [6, 6.07) is 10.5. The van der Waals surface area contributed by atoms with Crippen molar-refractivity contribution in [2.75, 3.05) is 18.5 Å². The maximum atomic E-state index is 5.85. The van der Waals surface area contributed by atoms with Crippen molar-refractivity contribution in [3.8, 4) is 0 Å². The molecule has 4 heteroatoms. The number of hydrogen-bond acceptors (Lipinski definition) is 4. The Bertz CT molecular complexity index is 566. The van der Waals surface area contributed by atoms with E-state index in [2.05, 4.69) is 60.0 Å². The molecule has 0 fully saturated rings. The third kappa shape index (κ3) is 4.02. The average molecular weight is 284 g/mol. The van der Waals surface area contributed by atoms with Gasteiger partial charge in [-0.05, 0) is 12.0 Å². The number of hydrogen-bond donors (Lipinski definition) is 1. The lowest BCUT2D eigenvalue weighted by Gasteiger charge is -2.22. The van der Waals surface area contributed by atoms with Gasteiger partial charge in [-0.2, -0.15) is 0 Å². The van der Waals surface area contributed by atoms with Crippen LogP contribution in [0.3, 0.4) is 0 Å². The Kier molecular flexibility index (Phi) is 5.28. The van der Waals surface area contributed by atoms with Crippen LogP contribution >= 0.6 is 0 Å². The van der Waals surface area contributed by atoms with Crippen LogP contribution in [-0.4, -0.2) is 23.6 Å². The van der Waals surface area contributed by atoms with Gasteiger partial charge in [0.25, 0.3) is 0 Å². The van der Waals surface area contributed by atoms with E-state index in [4.69, 9.17) is 5.73 Å². The highest BCUT2D eigenvalue weighted by Gasteiger charge is 2.12. The molecule has 0 radical (unpaired) electrons. The summed E-state index contributed by atoms with van der Waals surface area (Å²) in [4.78, 5) is 11.2. The Morgan fingerprint density at radius 2 is 1.90 bits per heavy atom. The molecule has 0 atom stereocenters. The molecular weight excluding hydrogens is 260 g/mol. The molecule has 1 aromatic carbocycles. The second-order valence-corrected chi connectivity index (χ2v) is 5.58. The van der Waals surface area contributed by atoms with Crippen molar-refractivity contribution in [2.24, 2.45) is 5.73 Å². The quantitative estimate of drug-likeness (QED) is 0.886. The highest BCUT2D eigenvalue weighted by Crippen LogP contribution is 2.19. The molecule has 2 aromatic rings. The Labute approximate surface area is 127 Å².